The Morgan fingerprint density at radius 3 is 2.74 bits per heavy atom. The molecule has 1 heterocycles. The van der Waals surface area contributed by atoms with Crippen LogP contribution in [0.5, 0.6) is 0 Å². The Morgan fingerprint density at radius 1 is 1.22 bits per heavy atom. The van der Waals surface area contributed by atoms with Crippen molar-refractivity contribution in [3.8, 4) is 0 Å². The van der Waals surface area contributed by atoms with Gasteiger partial charge in [0.1, 0.15) is 13.2 Å². The van der Waals surface area contributed by atoms with E-state index in [4.69, 9.17) is 9.47 Å². The van der Waals surface area contributed by atoms with E-state index < -0.39 is 12.1 Å². The normalized spacial score (nSPS) is 19.1. The average molecular weight is 373 g/mol. The largest absolute Gasteiger partial charge is 0.464 e. The number of esters is 1. The molecule has 8 nitrogen and oxygen atoms in total. The van der Waals surface area contributed by atoms with Crippen LogP contribution in [0, 0.1) is 0 Å². The molecule has 1 aliphatic heterocycles. The molecule has 1 N–H and O–H groups in total. The number of cyclic esters (lactones) is 1. The zero-order valence-electron chi connectivity index (χ0n) is 15.2. The van der Waals surface area contributed by atoms with Gasteiger partial charge in [-0.15, -0.1) is 4.99 Å². The molecule has 144 valence electrons. The van der Waals surface area contributed by atoms with Crippen LogP contribution in [-0.2, 0) is 25.7 Å². The summed E-state index contributed by atoms with van der Waals surface area (Å²) in [4.78, 5) is 41.1. The molecule has 0 saturated carbocycles. The summed E-state index contributed by atoms with van der Waals surface area (Å²) in [7, 11) is 1.53. The van der Waals surface area contributed by atoms with Gasteiger partial charge in [0.2, 0.25) is 11.9 Å². The maximum absolute atomic E-state index is 12.1. The molecule has 8 heteroatoms. The maximum atomic E-state index is 12.1. The molecular weight excluding hydrogens is 350 g/mol. The van der Waals surface area contributed by atoms with Gasteiger partial charge in [-0.25, -0.2) is 4.79 Å². The minimum absolute atomic E-state index is 0.0565. The molecule has 0 aromatic heterocycles. The summed E-state index contributed by atoms with van der Waals surface area (Å²) in [6, 6.07) is 9.15. The first-order valence-corrected chi connectivity index (χ1v) is 8.65. The third-order valence-corrected chi connectivity index (χ3v) is 3.63. The molecule has 2 rings (SSSR count). The van der Waals surface area contributed by atoms with Gasteiger partial charge < -0.3 is 14.4 Å². The van der Waals surface area contributed by atoms with Crippen LogP contribution < -0.4 is 5.32 Å². The van der Waals surface area contributed by atoms with Gasteiger partial charge in [0.25, 0.3) is 0 Å². The number of ether oxygens (including phenoxy) is 2. The first-order chi connectivity index (χ1) is 13.0. The van der Waals surface area contributed by atoms with E-state index in [0.717, 1.165) is 5.56 Å². The first-order valence-electron chi connectivity index (χ1n) is 8.65. The highest BCUT2D eigenvalue weighted by atomic mass is 16.5. The number of amides is 2. The highest BCUT2D eigenvalue weighted by molar-refractivity contribution is 6.01. The molecule has 0 atom stereocenters. The van der Waals surface area contributed by atoms with Crippen LogP contribution in [0.2, 0.25) is 0 Å². The number of rotatable bonds is 2. The van der Waals surface area contributed by atoms with Gasteiger partial charge in [0.15, 0.2) is 0 Å². The van der Waals surface area contributed by atoms with Crippen molar-refractivity contribution in [3.05, 3.63) is 48.0 Å². The molecule has 0 fully saturated rings. The Hall–Kier alpha value is -3.16. The third-order valence-electron chi connectivity index (χ3n) is 3.63. The Morgan fingerprint density at radius 2 is 1.96 bits per heavy atom. The molecular formula is C19H23N3O5. The van der Waals surface area contributed by atoms with E-state index in [0.29, 0.717) is 12.8 Å². The number of carbonyl (C=O) groups is 3. The van der Waals surface area contributed by atoms with E-state index in [-0.39, 0.29) is 38.0 Å². The maximum Gasteiger partial charge on any atom is 0.437 e. The number of aliphatic imine (C=N–C) groups is 1. The predicted octanol–water partition coefficient (Wildman–Crippen LogP) is 2.01. The van der Waals surface area contributed by atoms with Crippen LogP contribution in [0.1, 0.15) is 24.8 Å². The van der Waals surface area contributed by atoms with Crippen LogP contribution in [0.25, 0.3) is 0 Å². The van der Waals surface area contributed by atoms with Crippen molar-refractivity contribution in [1.82, 2.24) is 10.2 Å². The fourth-order valence-electron chi connectivity index (χ4n) is 2.24. The standard InChI is InChI=1S/C19H23N3O5/c1-22-13-17(24)26-12-8-3-2-7-11-16(23)20-18(22)21-19(25)27-14-15-9-5-4-6-10-15/h2-6,9-10H,7-8,11-14H2,1H3,(H,20,21,23,25)/b3-2+. The van der Waals surface area contributed by atoms with E-state index in [9.17, 15) is 14.4 Å². The lowest BCUT2D eigenvalue weighted by Crippen LogP contribution is -2.45. The third kappa shape index (κ3) is 7.72. The van der Waals surface area contributed by atoms with Gasteiger partial charge in [0, 0.05) is 13.5 Å². The molecule has 0 radical (unpaired) electrons. The average Bonchev–Trinajstić information content (AvgIpc) is 2.66. The molecule has 0 saturated heterocycles. The fraction of sp³-hybridized carbons (Fsp3) is 0.368. The van der Waals surface area contributed by atoms with Crippen molar-refractivity contribution in [2.75, 3.05) is 20.2 Å². The van der Waals surface area contributed by atoms with E-state index in [1.165, 1.54) is 11.9 Å². The second kappa shape index (κ2) is 10.7. The summed E-state index contributed by atoms with van der Waals surface area (Å²) in [6.45, 7) is 0.159. The summed E-state index contributed by atoms with van der Waals surface area (Å²) in [5.74, 6) is -0.850. The number of nitrogens with zero attached hydrogens (tertiary/aromatic N) is 2. The minimum atomic E-state index is -0.862. The van der Waals surface area contributed by atoms with Crippen LogP contribution in [0.4, 0.5) is 4.79 Å². The SMILES string of the molecule is CN1CC(=O)OCC/C=C/CCC(=O)N/C1=N/C(=O)OCc1ccccc1. The van der Waals surface area contributed by atoms with Crippen molar-refractivity contribution >= 4 is 23.9 Å². The fourth-order valence-corrected chi connectivity index (χ4v) is 2.24. The minimum Gasteiger partial charge on any atom is -0.464 e. The highest BCUT2D eigenvalue weighted by Crippen LogP contribution is 2.03. The van der Waals surface area contributed by atoms with E-state index in [2.05, 4.69) is 10.3 Å². The number of hydrogen-bond donors (Lipinski definition) is 1. The molecule has 0 unspecified atom stereocenters. The molecule has 27 heavy (non-hydrogen) atoms. The number of hydrogen-bond acceptors (Lipinski definition) is 5. The second-order valence-corrected chi connectivity index (χ2v) is 5.90. The zero-order chi connectivity index (χ0) is 19.5. The van der Waals surface area contributed by atoms with E-state index >= 15 is 0 Å². The molecule has 0 aliphatic carbocycles. The Labute approximate surface area is 157 Å². The van der Waals surface area contributed by atoms with E-state index in [1.54, 1.807) is 0 Å². The topological polar surface area (TPSA) is 97.3 Å². The first kappa shape index (κ1) is 20.2. The Bertz CT molecular complexity index is 715. The van der Waals surface area contributed by atoms with Gasteiger partial charge in [-0.2, -0.15) is 0 Å². The predicted molar refractivity (Wildman–Crippen MR) is 98.8 cm³/mol. The number of carbonyl (C=O) groups excluding carboxylic acids is 3. The number of benzene rings is 1. The van der Waals surface area contributed by atoms with Gasteiger partial charge in [-0.1, -0.05) is 42.5 Å². The summed E-state index contributed by atoms with van der Waals surface area (Å²) in [6.07, 6.45) is 4.20. The molecule has 1 aromatic rings. The number of allylic oxidation sites excluding steroid dienone is 1. The van der Waals surface area contributed by atoms with Crippen molar-refractivity contribution < 1.29 is 23.9 Å². The van der Waals surface area contributed by atoms with Crippen LogP contribution in [0.3, 0.4) is 0 Å². The molecule has 0 bridgehead atoms. The zero-order valence-corrected chi connectivity index (χ0v) is 15.2. The number of guanidine groups is 1. The van der Waals surface area contributed by atoms with Crippen LogP contribution in [-0.4, -0.2) is 49.0 Å². The van der Waals surface area contributed by atoms with Crippen molar-refractivity contribution in [1.29, 1.82) is 0 Å². The summed E-state index contributed by atoms with van der Waals surface area (Å²) in [5.41, 5.74) is 0.814. The van der Waals surface area contributed by atoms with Gasteiger partial charge in [0.05, 0.1) is 6.61 Å². The Kier molecular flexibility index (Phi) is 8.02. The summed E-state index contributed by atoms with van der Waals surface area (Å²) in [5, 5.41) is 2.55. The number of nitrogens with one attached hydrogen (secondary N) is 1. The second-order valence-electron chi connectivity index (χ2n) is 5.90. The van der Waals surface area contributed by atoms with Gasteiger partial charge in [-0.3, -0.25) is 14.9 Å². The highest BCUT2D eigenvalue weighted by Gasteiger charge is 2.17. The van der Waals surface area contributed by atoms with Crippen LogP contribution >= 0.6 is 0 Å². The summed E-state index contributed by atoms with van der Waals surface area (Å²) >= 11 is 0. The molecule has 2 amide bonds. The molecule has 0 spiro atoms. The number of likely N-dealkylation sites (N-methyl/N-ethyl adjacent to an activating group) is 1. The van der Waals surface area contributed by atoms with Crippen molar-refractivity contribution in [3.63, 3.8) is 0 Å². The molecule has 1 aromatic carbocycles. The van der Waals surface area contributed by atoms with Crippen molar-refractivity contribution in [2.45, 2.75) is 25.9 Å². The van der Waals surface area contributed by atoms with E-state index in [1.807, 2.05) is 42.5 Å². The Balaban J connectivity index is 2.05. The smallest absolute Gasteiger partial charge is 0.437 e. The van der Waals surface area contributed by atoms with Crippen LogP contribution in [0.15, 0.2) is 47.5 Å². The monoisotopic (exact) mass is 373 g/mol. The van der Waals surface area contributed by atoms with Crippen molar-refractivity contribution in [2.24, 2.45) is 4.99 Å². The quantitative estimate of drug-likeness (QED) is 0.629. The van der Waals surface area contributed by atoms with Gasteiger partial charge >= 0.3 is 12.1 Å². The molecule has 1 aliphatic rings. The lowest BCUT2D eigenvalue weighted by Gasteiger charge is -2.20. The summed E-state index contributed by atoms with van der Waals surface area (Å²) < 4.78 is 10.2. The lowest BCUT2D eigenvalue weighted by atomic mass is 10.2. The lowest BCUT2D eigenvalue weighted by molar-refractivity contribution is -0.143. The van der Waals surface area contributed by atoms with Gasteiger partial charge in [-0.05, 0) is 18.4 Å².